The summed E-state index contributed by atoms with van der Waals surface area (Å²) in [4.78, 5) is 15.8. The molecule has 1 aliphatic heterocycles. The Morgan fingerprint density at radius 2 is 1.92 bits per heavy atom. The molecule has 0 aliphatic carbocycles. The molecule has 0 amide bonds. The molecular formula is C18H31ClN2O2S. The molecule has 138 valence electrons. The first kappa shape index (κ1) is 21.3. The van der Waals surface area contributed by atoms with Crippen LogP contribution in [0, 0.1) is 0 Å². The van der Waals surface area contributed by atoms with Crippen molar-refractivity contribution < 1.29 is 9.53 Å². The van der Waals surface area contributed by atoms with Crippen LogP contribution in [0.15, 0.2) is 0 Å². The maximum absolute atomic E-state index is 12.1. The lowest BCUT2D eigenvalue weighted by atomic mass is 10.0. The lowest BCUT2D eigenvalue weighted by Crippen LogP contribution is -2.31. The highest BCUT2D eigenvalue weighted by atomic mass is 35.5. The van der Waals surface area contributed by atoms with Crippen molar-refractivity contribution in [1.82, 2.24) is 4.90 Å². The molecule has 0 atom stereocenters. The number of esters is 1. The van der Waals surface area contributed by atoms with Crippen LogP contribution in [0.25, 0.3) is 0 Å². The number of carbonyl (C=O) groups is 1. The average Bonchev–Trinajstić information content (AvgIpc) is 2.86. The Labute approximate surface area is 156 Å². The number of hydrogen-bond donors (Lipinski definition) is 1. The van der Waals surface area contributed by atoms with Crippen LogP contribution in [0.5, 0.6) is 0 Å². The van der Waals surface area contributed by atoms with Crippen molar-refractivity contribution in [1.29, 1.82) is 0 Å². The Hall–Kier alpha value is -0.780. The maximum atomic E-state index is 12.1. The Balaban J connectivity index is 0.00000288. The molecule has 2 N–H and O–H groups in total. The summed E-state index contributed by atoms with van der Waals surface area (Å²) in [7, 11) is 0. The Bertz CT molecular complexity index is 519. The zero-order chi connectivity index (χ0) is 16.7. The third-order valence-electron chi connectivity index (χ3n) is 4.47. The van der Waals surface area contributed by atoms with Gasteiger partial charge in [0, 0.05) is 18.0 Å². The highest BCUT2D eigenvalue weighted by molar-refractivity contribution is 7.16. The van der Waals surface area contributed by atoms with E-state index in [0.29, 0.717) is 17.2 Å². The van der Waals surface area contributed by atoms with Gasteiger partial charge in [0.15, 0.2) is 0 Å². The normalized spacial score (nSPS) is 14.1. The number of halogens is 1. The van der Waals surface area contributed by atoms with Crippen LogP contribution in [0.2, 0.25) is 0 Å². The van der Waals surface area contributed by atoms with Crippen LogP contribution in [0.4, 0.5) is 5.00 Å². The van der Waals surface area contributed by atoms with Crippen molar-refractivity contribution in [2.75, 3.05) is 25.4 Å². The molecule has 6 heteroatoms. The van der Waals surface area contributed by atoms with Crippen LogP contribution in [0.1, 0.15) is 73.2 Å². The average molecular weight is 375 g/mol. The topological polar surface area (TPSA) is 55.6 Å². The second-order valence-electron chi connectivity index (χ2n) is 6.26. The van der Waals surface area contributed by atoms with Gasteiger partial charge in [-0.2, -0.15) is 0 Å². The number of fused-ring (bicyclic) bond motifs is 1. The number of nitrogens with zero attached hydrogens (tertiary/aromatic N) is 1. The molecule has 0 aromatic carbocycles. The zero-order valence-electron chi connectivity index (χ0n) is 14.9. The molecule has 0 spiro atoms. The first-order chi connectivity index (χ1) is 11.2. The van der Waals surface area contributed by atoms with Gasteiger partial charge in [0.1, 0.15) is 5.00 Å². The van der Waals surface area contributed by atoms with Gasteiger partial charge in [-0.05, 0) is 31.9 Å². The fraction of sp³-hybridized carbons (Fsp3) is 0.722. The van der Waals surface area contributed by atoms with E-state index in [4.69, 9.17) is 10.5 Å². The van der Waals surface area contributed by atoms with Crippen LogP contribution < -0.4 is 5.73 Å². The third-order valence-corrected chi connectivity index (χ3v) is 5.52. The van der Waals surface area contributed by atoms with E-state index in [1.165, 1.54) is 43.4 Å². The minimum atomic E-state index is -0.258. The summed E-state index contributed by atoms with van der Waals surface area (Å²) in [5.74, 6) is -0.258. The monoisotopic (exact) mass is 374 g/mol. The largest absolute Gasteiger partial charge is 0.462 e. The second-order valence-corrected chi connectivity index (χ2v) is 7.39. The summed E-state index contributed by atoms with van der Waals surface area (Å²) in [5.41, 5.74) is 7.83. The van der Waals surface area contributed by atoms with E-state index in [0.717, 1.165) is 31.6 Å². The molecule has 4 nitrogen and oxygen atoms in total. The number of nitrogen functional groups attached to an aromatic ring is 1. The molecule has 0 saturated carbocycles. The summed E-state index contributed by atoms with van der Waals surface area (Å²) in [5, 5.41) is 0.620. The third kappa shape index (κ3) is 5.64. The smallest absolute Gasteiger partial charge is 0.341 e. The van der Waals surface area contributed by atoms with Crippen molar-refractivity contribution in [3.8, 4) is 0 Å². The number of unbranched alkanes of at least 4 members (excludes halogenated alkanes) is 5. The van der Waals surface area contributed by atoms with Crippen LogP contribution in [-0.4, -0.2) is 30.6 Å². The van der Waals surface area contributed by atoms with Gasteiger partial charge in [-0.25, -0.2) is 4.79 Å². The Morgan fingerprint density at radius 3 is 2.62 bits per heavy atom. The summed E-state index contributed by atoms with van der Waals surface area (Å²) in [6, 6.07) is 0. The molecule has 1 aromatic rings. The molecule has 1 aromatic heterocycles. The fourth-order valence-electron chi connectivity index (χ4n) is 3.21. The molecule has 24 heavy (non-hydrogen) atoms. The predicted molar refractivity (Wildman–Crippen MR) is 104 cm³/mol. The van der Waals surface area contributed by atoms with E-state index in [-0.39, 0.29) is 18.4 Å². The van der Waals surface area contributed by atoms with E-state index in [9.17, 15) is 4.79 Å². The lowest BCUT2D eigenvalue weighted by Gasteiger charge is -2.27. The van der Waals surface area contributed by atoms with Crippen LogP contribution >= 0.6 is 23.7 Å². The van der Waals surface area contributed by atoms with Crippen molar-refractivity contribution in [3.63, 3.8) is 0 Å². The Kier molecular flexibility index (Phi) is 9.71. The standard InChI is InChI=1S/C18H30N2O2S.ClH/c1-3-5-6-7-8-9-11-20-12-10-14-15(13-20)23-17(19)16(14)18(21)22-4-2;/h3-13,19H2,1-2H3;1H. The number of thiophene rings is 1. The molecule has 0 bridgehead atoms. The van der Waals surface area contributed by atoms with E-state index < -0.39 is 0 Å². The number of ether oxygens (including phenoxy) is 1. The highest BCUT2D eigenvalue weighted by Gasteiger charge is 2.27. The van der Waals surface area contributed by atoms with Gasteiger partial charge < -0.3 is 10.5 Å². The predicted octanol–water partition coefficient (Wildman–Crippen LogP) is 4.65. The van der Waals surface area contributed by atoms with E-state index in [1.54, 1.807) is 11.3 Å². The maximum Gasteiger partial charge on any atom is 0.341 e. The fourth-order valence-corrected chi connectivity index (χ4v) is 4.36. The van der Waals surface area contributed by atoms with Gasteiger partial charge in [-0.1, -0.05) is 39.0 Å². The minimum absolute atomic E-state index is 0. The molecule has 0 unspecified atom stereocenters. The molecule has 0 radical (unpaired) electrons. The lowest BCUT2D eigenvalue weighted by molar-refractivity contribution is 0.0526. The van der Waals surface area contributed by atoms with E-state index in [1.807, 2.05) is 6.92 Å². The first-order valence-corrected chi connectivity index (χ1v) is 9.78. The summed E-state index contributed by atoms with van der Waals surface area (Å²) in [6.45, 7) is 7.58. The van der Waals surface area contributed by atoms with Gasteiger partial charge in [0.05, 0.1) is 12.2 Å². The van der Waals surface area contributed by atoms with Crippen LogP contribution in [0.3, 0.4) is 0 Å². The SMILES string of the molecule is CCCCCCCCN1CCc2c(sc(N)c2C(=O)OCC)C1.Cl. The minimum Gasteiger partial charge on any atom is -0.462 e. The van der Waals surface area contributed by atoms with Gasteiger partial charge >= 0.3 is 5.97 Å². The summed E-state index contributed by atoms with van der Waals surface area (Å²) < 4.78 is 5.15. The molecule has 2 rings (SSSR count). The molecule has 2 heterocycles. The molecule has 0 fully saturated rings. The van der Waals surface area contributed by atoms with E-state index in [2.05, 4.69) is 11.8 Å². The Morgan fingerprint density at radius 1 is 1.21 bits per heavy atom. The van der Waals surface area contributed by atoms with Gasteiger partial charge in [0.25, 0.3) is 0 Å². The summed E-state index contributed by atoms with van der Waals surface area (Å²) in [6.07, 6.45) is 8.88. The van der Waals surface area contributed by atoms with Crippen molar-refractivity contribution in [3.05, 3.63) is 16.0 Å². The molecule has 1 aliphatic rings. The van der Waals surface area contributed by atoms with Gasteiger partial charge in [-0.15, -0.1) is 23.7 Å². The number of rotatable bonds is 9. The second kappa shape index (κ2) is 11.0. The first-order valence-electron chi connectivity index (χ1n) is 8.96. The number of anilines is 1. The number of nitrogens with two attached hydrogens (primary N) is 1. The highest BCUT2D eigenvalue weighted by Crippen LogP contribution is 2.35. The molecule has 0 saturated heterocycles. The number of hydrogen-bond acceptors (Lipinski definition) is 5. The quantitative estimate of drug-likeness (QED) is 0.505. The van der Waals surface area contributed by atoms with Gasteiger partial charge in [-0.3, -0.25) is 4.90 Å². The van der Waals surface area contributed by atoms with Crippen molar-refractivity contribution in [2.24, 2.45) is 0 Å². The number of carbonyl (C=O) groups excluding carboxylic acids is 1. The van der Waals surface area contributed by atoms with E-state index >= 15 is 0 Å². The molecular weight excluding hydrogens is 344 g/mol. The van der Waals surface area contributed by atoms with Crippen LogP contribution in [-0.2, 0) is 17.7 Å². The van der Waals surface area contributed by atoms with Crippen molar-refractivity contribution in [2.45, 2.75) is 65.3 Å². The van der Waals surface area contributed by atoms with Gasteiger partial charge in [0.2, 0.25) is 0 Å². The zero-order valence-corrected chi connectivity index (χ0v) is 16.6. The van der Waals surface area contributed by atoms with Crippen molar-refractivity contribution >= 4 is 34.7 Å². The summed E-state index contributed by atoms with van der Waals surface area (Å²) >= 11 is 1.56.